The van der Waals surface area contributed by atoms with Crippen molar-refractivity contribution in [3.63, 3.8) is 0 Å². The summed E-state index contributed by atoms with van der Waals surface area (Å²) < 4.78 is 12.9. The van der Waals surface area contributed by atoms with Gasteiger partial charge in [0.2, 0.25) is 0 Å². The molecule has 1 amide bonds. The van der Waals surface area contributed by atoms with Crippen LogP contribution in [0.3, 0.4) is 0 Å². The van der Waals surface area contributed by atoms with E-state index in [1.807, 2.05) is 30.3 Å². The fourth-order valence-electron chi connectivity index (χ4n) is 3.38. The Morgan fingerprint density at radius 3 is 2.96 bits per heavy atom. The first-order valence-electron chi connectivity index (χ1n) is 8.69. The van der Waals surface area contributed by atoms with Crippen molar-refractivity contribution in [2.75, 3.05) is 18.2 Å². The molecule has 0 bridgehead atoms. The van der Waals surface area contributed by atoms with Crippen LogP contribution in [0, 0.1) is 0 Å². The van der Waals surface area contributed by atoms with Crippen molar-refractivity contribution in [3.05, 3.63) is 58.5 Å². The number of nitrogens with zero attached hydrogens (tertiary/aromatic N) is 2. The van der Waals surface area contributed by atoms with Gasteiger partial charge in [0.25, 0.3) is 11.5 Å². The molecule has 0 aliphatic carbocycles. The molecular formula is C20H15N3O4S. The number of aromatic nitrogens is 2. The number of hydrogen-bond donors (Lipinski definition) is 1. The molecule has 2 aromatic heterocycles. The van der Waals surface area contributed by atoms with Crippen molar-refractivity contribution in [3.8, 4) is 5.75 Å². The summed E-state index contributed by atoms with van der Waals surface area (Å²) in [6.07, 6.45) is 1.33. The Balaban J connectivity index is 1.57. The van der Waals surface area contributed by atoms with Crippen molar-refractivity contribution < 1.29 is 13.9 Å². The van der Waals surface area contributed by atoms with Gasteiger partial charge in [0.1, 0.15) is 22.5 Å². The zero-order chi connectivity index (χ0) is 19.3. The first kappa shape index (κ1) is 16.9. The molecule has 0 radical (unpaired) electrons. The minimum atomic E-state index is -0.529. The van der Waals surface area contributed by atoms with E-state index in [0.717, 1.165) is 22.1 Å². The summed E-state index contributed by atoms with van der Waals surface area (Å²) in [5.41, 5.74) is 1.46. The van der Waals surface area contributed by atoms with E-state index < -0.39 is 5.91 Å². The Kier molecular flexibility index (Phi) is 3.87. The van der Waals surface area contributed by atoms with Crippen LogP contribution in [0.4, 0.5) is 5.69 Å². The maximum atomic E-state index is 12.8. The summed E-state index contributed by atoms with van der Waals surface area (Å²) in [6, 6.07) is 11.2. The molecule has 8 heteroatoms. The molecule has 28 heavy (non-hydrogen) atoms. The Labute approximate surface area is 163 Å². The molecule has 0 spiro atoms. The highest BCUT2D eigenvalue weighted by atomic mass is 32.2. The van der Waals surface area contributed by atoms with Gasteiger partial charge in [0.05, 0.1) is 12.8 Å². The third-order valence-corrected chi connectivity index (χ3v) is 5.72. The molecule has 0 saturated heterocycles. The number of nitrogens with one attached hydrogen (secondary N) is 1. The van der Waals surface area contributed by atoms with Crippen LogP contribution in [0.5, 0.6) is 5.75 Å². The Morgan fingerprint density at radius 2 is 2.11 bits per heavy atom. The number of benzene rings is 2. The maximum absolute atomic E-state index is 12.8. The molecule has 0 saturated carbocycles. The van der Waals surface area contributed by atoms with E-state index in [-0.39, 0.29) is 11.1 Å². The van der Waals surface area contributed by atoms with E-state index in [0.29, 0.717) is 28.7 Å². The SMILES string of the molecule is COc1cc2c(cc1NC(=O)c1cnc3n(c1=O)CCS3)oc1ccccc12. The van der Waals surface area contributed by atoms with E-state index >= 15 is 0 Å². The second-order valence-electron chi connectivity index (χ2n) is 6.36. The average Bonchev–Trinajstić information content (AvgIpc) is 3.32. The molecule has 3 heterocycles. The minimum absolute atomic E-state index is 0.00185. The summed E-state index contributed by atoms with van der Waals surface area (Å²) in [5, 5.41) is 5.26. The molecular weight excluding hydrogens is 378 g/mol. The number of carbonyl (C=O) groups excluding carboxylic acids is 1. The summed E-state index contributed by atoms with van der Waals surface area (Å²) in [6.45, 7) is 0.557. The number of furan rings is 1. The zero-order valence-electron chi connectivity index (χ0n) is 14.9. The number of para-hydroxylation sites is 1. The average molecular weight is 393 g/mol. The Hall–Kier alpha value is -3.26. The topological polar surface area (TPSA) is 86.4 Å². The predicted octanol–water partition coefficient (Wildman–Crippen LogP) is 3.51. The molecule has 7 nitrogen and oxygen atoms in total. The monoisotopic (exact) mass is 393 g/mol. The second-order valence-corrected chi connectivity index (χ2v) is 7.42. The molecule has 0 atom stereocenters. The van der Waals surface area contributed by atoms with Gasteiger partial charge in [-0.1, -0.05) is 30.0 Å². The maximum Gasteiger partial charge on any atom is 0.267 e. The van der Waals surface area contributed by atoms with Gasteiger partial charge < -0.3 is 14.5 Å². The number of methoxy groups -OCH3 is 1. The van der Waals surface area contributed by atoms with Crippen LogP contribution in [0.1, 0.15) is 10.4 Å². The summed E-state index contributed by atoms with van der Waals surface area (Å²) >= 11 is 1.50. The quantitative estimate of drug-likeness (QED) is 0.536. The van der Waals surface area contributed by atoms with E-state index in [2.05, 4.69) is 10.3 Å². The third kappa shape index (κ3) is 2.56. The lowest BCUT2D eigenvalue weighted by Crippen LogP contribution is -2.29. The second kappa shape index (κ2) is 6.42. The minimum Gasteiger partial charge on any atom is -0.495 e. The Morgan fingerprint density at radius 1 is 1.25 bits per heavy atom. The number of hydrogen-bond acceptors (Lipinski definition) is 6. The fourth-order valence-corrected chi connectivity index (χ4v) is 4.29. The van der Waals surface area contributed by atoms with Crippen molar-refractivity contribution in [1.29, 1.82) is 0 Å². The number of rotatable bonds is 3. The zero-order valence-corrected chi connectivity index (χ0v) is 15.7. The van der Waals surface area contributed by atoms with Crippen LogP contribution in [-0.2, 0) is 6.54 Å². The summed E-state index contributed by atoms with van der Waals surface area (Å²) in [4.78, 5) is 29.5. The van der Waals surface area contributed by atoms with E-state index in [4.69, 9.17) is 9.15 Å². The predicted molar refractivity (Wildman–Crippen MR) is 107 cm³/mol. The van der Waals surface area contributed by atoms with Gasteiger partial charge in [-0.3, -0.25) is 14.2 Å². The molecule has 140 valence electrons. The van der Waals surface area contributed by atoms with Crippen molar-refractivity contribution in [2.45, 2.75) is 11.7 Å². The lowest BCUT2D eigenvalue weighted by Gasteiger charge is -2.11. The standard InChI is InChI=1S/C20H15N3O4S/c1-26-17-8-12-11-4-2-3-5-15(11)27-16(12)9-14(17)22-18(24)13-10-21-20-23(19(13)25)6-7-28-20/h2-5,8-10H,6-7H2,1H3,(H,22,24). The van der Waals surface area contributed by atoms with Gasteiger partial charge in [-0.2, -0.15) is 0 Å². The lowest BCUT2D eigenvalue weighted by atomic mass is 10.1. The normalized spacial score (nSPS) is 13.0. The van der Waals surface area contributed by atoms with Crippen LogP contribution < -0.4 is 15.6 Å². The van der Waals surface area contributed by atoms with Gasteiger partial charge in [-0.25, -0.2) is 4.98 Å². The molecule has 1 aliphatic heterocycles. The number of amides is 1. The van der Waals surface area contributed by atoms with Gasteiger partial charge >= 0.3 is 0 Å². The smallest absolute Gasteiger partial charge is 0.267 e. The van der Waals surface area contributed by atoms with Crippen LogP contribution in [0.15, 0.2) is 57.0 Å². The summed E-state index contributed by atoms with van der Waals surface area (Å²) in [5.74, 6) is 0.736. The van der Waals surface area contributed by atoms with E-state index in [9.17, 15) is 9.59 Å². The first-order chi connectivity index (χ1) is 13.7. The molecule has 2 aromatic carbocycles. The van der Waals surface area contributed by atoms with Crippen LogP contribution in [0.25, 0.3) is 21.9 Å². The van der Waals surface area contributed by atoms with Gasteiger partial charge in [0, 0.05) is 35.3 Å². The number of carbonyl (C=O) groups is 1. The first-order valence-corrected chi connectivity index (χ1v) is 9.67. The molecule has 5 rings (SSSR count). The number of thioether (sulfide) groups is 1. The highest BCUT2D eigenvalue weighted by Gasteiger charge is 2.21. The largest absolute Gasteiger partial charge is 0.495 e. The van der Waals surface area contributed by atoms with Crippen LogP contribution in [0.2, 0.25) is 0 Å². The van der Waals surface area contributed by atoms with E-state index in [1.54, 1.807) is 6.07 Å². The summed E-state index contributed by atoms with van der Waals surface area (Å²) in [7, 11) is 1.53. The van der Waals surface area contributed by atoms with E-state index in [1.165, 1.54) is 29.6 Å². The molecule has 4 aromatic rings. The highest BCUT2D eigenvalue weighted by Crippen LogP contribution is 2.36. The molecule has 0 unspecified atom stereocenters. The van der Waals surface area contributed by atoms with Crippen molar-refractivity contribution in [1.82, 2.24) is 9.55 Å². The van der Waals surface area contributed by atoms with Gasteiger partial charge in [-0.15, -0.1) is 0 Å². The number of fused-ring (bicyclic) bond motifs is 4. The van der Waals surface area contributed by atoms with Crippen molar-refractivity contribution >= 4 is 45.3 Å². The van der Waals surface area contributed by atoms with Crippen LogP contribution in [-0.4, -0.2) is 28.3 Å². The third-order valence-electron chi connectivity index (χ3n) is 4.75. The van der Waals surface area contributed by atoms with Crippen LogP contribution >= 0.6 is 11.8 Å². The van der Waals surface area contributed by atoms with Gasteiger partial charge in [0.15, 0.2) is 5.16 Å². The lowest BCUT2D eigenvalue weighted by molar-refractivity contribution is 0.102. The van der Waals surface area contributed by atoms with Crippen molar-refractivity contribution in [2.24, 2.45) is 0 Å². The number of anilines is 1. The fraction of sp³-hybridized carbons (Fsp3) is 0.150. The molecule has 1 aliphatic rings. The number of ether oxygens (including phenoxy) is 1. The molecule has 1 N–H and O–H groups in total. The molecule has 0 fully saturated rings. The highest BCUT2D eigenvalue weighted by molar-refractivity contribution is 7.99. The van der Waals surface area contributed by atoms with Gasteiger partial charge in [-0.05, 0) is 12.1 Å². The Bertz CT molecular complexity index is 1310.